The first-order valence-electron chi connectivity index (χ1n) is 10.2. The lowest BCUT2D eigenvalue weighted by atomic mass is 9.87. The summed E-state index contributed by atoms with van der Waals surface area (Å²) >= 11 is 0. The van der Waals surface area contributed by atoms with Crippen LogP contribution in [0.4, 0.5) is 5.69 Å². The van der Waals surface area contributed by atoms with Gasteiger partial charge in [-0.25, -0.2) is 4.79 Å². The van der Waals surface area contributed by atoms with Gasteiger partial charge in [-0.05, 0) is 68.4 Å². The van der Waals surface area contributed by atoms with Crippen molar-refractivity contribution in [3.8, 4) is 0 Å². The van der Waals surface area contributed by atoms with Crippen LogP contribution in [-0.4, -0.2) is 42.4 Å². The summed E-state index contributed by atoms with van der Waals surface area (Å²) < 4.78 is 10.3. The van der Waals surface area contributed by atoms with Gasteiger partial charge in [0.25, 0.3) is 11.8 Å². The zero-order valence-corrected chi connectivity index (χ0v) is 17.6. The van der Waals surface area contributed by atoms with Crippen molar-refractivity contribution in [2.45, 2.75) is 45.6 Å². The van der Waals surface area contributed by atoms with E-state index in [-0.39, 0.29) is 29.9 Å². The van der Waals surface area contributed by atoms with Gasteiger partial charge in [0, 0.05) is 18.8 Å². The van der Waals surface area contributed by atoms with Gasteiger partial charge in [0.2, 0.25) is 0 Å². The number of nitrogens with one attached hydrogen (secondary N) is 1. The first kappa shape index (κ1) is 21.6. The van der Waals surface area contributed by atoms with Crippen molar-refractivity contribution < 1.29 is 23.5 Å². The van der Waals surface area contributed by atoms with E-state index in [0.717, 1.165) is 31.2 Å². The van der Waals surface area contributed by atoms with Crippen LogP contribution in [0.5, 0.6) is 0 Å². The predicted octanol–water partition coefficient (Wildman–Crippen LogP) is 4.03. The Hall–Kier alpha value is -3.09. The fourth-order valence-electron chi connectivity index (χ4n) is 3.62. The van der Waals surface area contributed by atoms with Gasteiger partial charge in [-0.2, -0.15) is 0 Å². The maximum Gasteiger partial charge on any atom is 0.338 e. The maximum atomic E-state index is 12.4. The SMILES string of the molecule is Cc1ccc(C(=O)OCC(=O)N(C)C2CCC(C)CC2)cc1NC(=O)c1ccco1. The Morgan fingerprint density at radius 2 is 1.90 bits per heavy atom. The van der Waals surface area contributed by atoms with Crippen LogP contribution in [0.1, 0.15) is 59.1 Å². The van der Waals surface area contributed by atoms with E-state index in [4.69, 9.17) is 9.15 Å². The standard InChI is InChI=1S/C23H28N2O5/c1-15-6-10-18(11-7-15)25(3)21(26)14-30-23(28)17-9-8-16(2)19(13-17)24-22(27)20-5-4-12-29-20/h4-5,8-9,12-13,15,18H,6-7,10-11,14H2,1-3H3,(H,24,27). The van der Waals surface area contributed by atoms with E-state index in [1.54, 1.807) is 36.2 Å². The molecule has 1 aliphatic rings. The highest BCUT2D eigenvalue weighted by molar-refractivity contribution is 6.03. The summed E-state index contributed by atoms with van der Waals surface area (Å²) in [5, 5.41) is 2.72. The Labute approximate surface area is 176 Å². The Morgan fingerprint density at radius 3 is 2.57 bits per heavy atom. The van der Waals surface area contributed by atoms with Gasteiger partial charge in [0.15, 0.2) is 12.4 Å². The van der Waals surface area contributed by atoms with Crippen molar-refractivity contribution in [2.24, 2.45) is 5.92 Å². The molecule has 1 aromatic carbocycles. The van der Waals surface area contributed by atoms with E-state index in [0.29, 0.717) is 11.6 Å². The molecule has 1 N–H and O–H groups in total. The monoisotopic (exact) mass is 412 g/mol. The minimum absolute atomic E-state index is 0.174. The molecule has 0 saturated heterocycles. The molecule has 1 heterocycles. The van der Waals surface area contributed by atoms with Crippen molar-refractivity contribution in [2.75, 3.05) is 19.0 Å². The molecule has 0 atom stereocenters. The molecule has 0 unspecified atom stereocenters. The number of furan rings is 1. The van der Waals surface area contributed by atoms with Crippen LogP contribution in [0, 0.1) is 12.8 Å². The summed E-state index contributed by atoms with van der Waals surface area (Å²) in [5.74, 6) is -0.351. The molecule has 1 aliphatic carbocycles. The number of carbonyl (C=O) groups excluding carboxylic acids is 3. The van der Waals surface area contributed by atoms with Crippen molar-refractivity contribution in [1.29, 1.82) is 0 Å². The highest BCUT2D eigenvalue weighted by Gasteiger charge is 2.25. The third-order valence-corrected chi connectivity index (χ3v) is 5.72. The number of aryl methyl sites for hydroxylation is 1. The topological polar surface area (TPSA) is 88.9 Å². The fourth-order valence-corrected chi connectivity index (χ4v) is 3.62. The number of amides is 2. The molecular weight excluding hydrogens is 384 g/mol. The summed E-state index contributed by atoms with van der Waals surface area (Å²) in [6.45, 7) is 3.74. The number of benzene rings is 1. The summed E-state index contributed by atoms with van der Waals surface area (Å²) in [6.07, 6.45) is 5.59. The number of ether oxygens (including phenoxy) is 1. The molecule has 30 heavy (non-hydrogen) atoms. The Balaban J connectivity index is 1.57. The van der Waals surface area contributed by atoms with Crippen LogP contribution in [0.2, 0.25) is 0 Å². The van der Waals surface area contributed by atoms with E-state index in [9.17, 15) is 14.4 Å². The van der Waals surface area contributed by atoms with Crippen molar-refractivity contribution >= 4 is 23.5 Å². The molecule has 0 spiro atoms. The van der Waals surface area contributed by atoms with E-state index in [1.165, 1.54) is 12.3 Å². The van der Waals surface area contributed by atoms with Gasteiger partial charge in [0.05, 0.1) is 11.8 Å². The number of anilines is 1. The van der Waals surface area contributed by atoms with E-state index in [1.807, 2.05) is 6.92 Å². The summed E-state index contributed by atoms with van der Waals surface area (Å²) in [6, 6.07) is 8.24. The lowest BCUT2D eigenvalue weighted by molar-refractivity contribution is -0.136. The van der Waals surface area contributed by atoms with Crippen LogP contribution in [0.3, 0.4) is 0 Å². The van der Waals surface area contributed by atoms with Crippen LogP contribution in [-0.2, 0) is 9.53 Å². The fraction of sp³-hybridized carbons (Fsp3) is 0.435. The quantitative estimate of drug-likeness (QED) is 0.724. The molecule has 7 heteroatoms. The number of likely N-dealkylation sites (N-methyl/N-ethyl adjacent to an activating group) is 1. The van der Waals surface area contributed by atoms with E-state index >= 15 is 0 Å². The van der Waals surface area contributed by atoms with Crippen LogP contribution in [0.25, 0.3) is 0 Å². The zero-order chi connectivity index (χ0) is 21.7. The van der Waals surface area contributed by atoms with Gasteiger partial charge >= 0.3 is 5.97 Å². The lowest BCUT2D eigenvalue weighted by Gasteiger charge is -2.33. The van der Waals surface area contributed by atoms with E-state index in [2.05, 4.69) is 12.2 Å². The average Bonchev–Trinajstić information content (AvgIpc) is 3.28. The molecule has 0 bridgehead atoms. The second-order valence-corrected chi connectivity index (χ2v) is 7.96. The smallest absolute Gasteiger partial charge is 0.338 e. The Kier molecular flexibility index (Phi) is 6.92. The second-order valence-electron chi connectivity index (χ2n) is 7.96. The largest absolute Gasteiger partial charge is 0.459 e. The molecule has 7 nitrogen and oxygen atoms in total. The molecule has 0 aliphatic heterocycles. The summed E-state index contributed by atoms with van der Waals surface area (Å²) in [5.41, 5.74) is 1.52. The molecule has 2 aromatic rings. The molecule has 0 radical (unpaired) electrons. The van der Waals surface area contributed by atoms with Crippen molar-refractivity contribution in [3.63, 3.8) is 0 Å². The molecule has 1 fully saturated rings. The Bertz CT molecular complexity index is 898. The predicted molar refractivity (Wildman–Crippen MR) is 112 cm³/mol. The van der Waals surface area contributed by atoms with Crippen molar-refractivity contribution in [3.05, 3.63) is 53.5 Å². The number of esters is 1. The number of carbonyl (C=O) groups is 3. The van der Waals surface area contributed by atoms with E-state index < -0.39 is 11.9 Å². The number of hydrogen-bond donors (Lipinski definition) is 1. The van der Waals surface area contributed by atoms with Gasteiger partial charge in [-0.15, -0.1) is 0 Å². The highest BCUT2D eigenvalue weighted by atomic mass is 16.5. The third-order valence-electron chi connectivity index (χ3n) is 5.72. The summed E-state index contributed by atoms with van der Waals surface area (Å²) in [7, 11) is 1.77. The summed E-state index contributed by atoms with van der Waals surface area (Å²) in [4.78, 5) is 38.8. The molecule has 3 rings (SSSR count). The average molecular weight is 412 g/mol. The normalized spacial score (nSPS) is 18.5. The van der Waals surface area contributed by atoms with Crippen LogP contribution in [0.15, 0.2) is 41.0 Å². The second kappa shape index (κ2) is 9.61. The molecule has 2 amide bonds. The number of rotatable bonds is 6. The lowest BCUT2D eigenvalue weighted by Crippen LogP contribution is -2.41. The van der Waals surface area contributed by atoms with Gasteiger partial charge in [0.1, 0.15) is 0 Å². The zero-order valence-electron chi connectivity index (χ0n) is 17.6. The first-order valence-corrected chi connectivity index (χ1v) is 10.2. The highest BCUT2D eigenvalue weighted by Crippen LogP contribution is 2.26. The Morgan fingerprint density at radius 1 is 1.17 bits per heavy atom. The molecule has 160 valence electrons. The molecule has 1 aromatic heterocycles. The van der Waals surface area contributed by atoms with Crippen LogP contribution < -0.4 is 5.32 Å². The van der Waals surface area contributed by atoms with Gasteiger partial charge < -0.3 is 19.4 Å². The van der Waals surface area contributed by atoms with Gasteiger partial charge in [-0.3, -0.25) is 9.59 Å². The van der Waals surface area contributed by atoms with Crippen LogP contribution >= 0.6 is 0 Å². The maximum absolute atomic E-state index is 12.4. The minimum Gasteiger partial charge on any atom is -0.459 e. The van der Waals surface area contributed by atoms with Gasteiger partial charge in [-0.1, -0.05) is 13.0 Å². The van der Waals surface area contributed by atoms with Crippen molar-refractivity contribution in [1.82, 2.24) is 4.90 Å². The minimum atomic E-state index is -0.609. The molecule has 1 saturated carbocycles. The first-order chi connectivity index (χ1) is 14.3. The molecular formula is C23H28N2O5. The third kappa shape index (κ3) is 5.28. The number of hydrogen-bond acceptors (Lipinski definition) is 5. The number of nitrogens with zero attached hydrogens (tertiary/aromatic N) is 1.